The number of nitriles is 2. The monoisotopic (exact) mass is 262 g/mol. The molecule has 0 aromatic rings. The van der Waals surface area contributed by atoms with Crippen molar-refractivity contribution in [2.75, 3.05) is 0 Å². The molecule has 0 spiro atoms. The number of rotatable bonds is 8. The smallest absolute Gasteiger partial charge is 0.286 e. The number of ether oxygens (including phenoxy) is 1. The predicted octanol–water partition coefficient (Wildman–Crippen LogP) is 4.54. The van der Waals surface area contributed by atoms with Crippen LogP contribution >= 0.6 is 0 Å². The van der Waals surface area contributed by atoms with Crippen LogP contribution in [0.2, 0.25) is 0 Å². The third-order valence-electron chi connectivity index (χ3n) is 4.28. The number of hydrogen-bond donors (Lipinski definition) is 0. The summed E-state index contributed by atoms with van der Waals surface area (Å²) in [4.78, 5) is 0. The van der Waals surface area contributed by atoms with Crippen molar-refractivity contribution in [2.45, 2.75) is 77.2 Å². The maximum atomic E-state index is 8.62. The lowest BCUT2D eigenvalue weighted by molar-refractivity contribution is 0.0931. The zero-order valence-corrected chi connectivity index (χ0v) is 12.1. The van der Waals surface area contributed by atoms with Crippen LogP contribution < -0.4 is 0 Å². The Hall–Kier alpha value is -1.22. The van der Waals surface area contributed by atoms with Crippen LogP contribution in [0, 0.1) is 34.7 Å². The van der Waals surface area contributed by atoms with Crippen molar-refractivity contribution in [1.82, 2.24) is 0 Å². The molecule has 0 amide bonds. The zero-order valence-electron chi connectivity index (χ0n) is 12.1. The molecule has 1 unspecified atom stereocenters. The fraction of sp³-hybridized carbons (Fsp3) is 0.875. The summed E-state index contributed by atoms with van der Waals surface area (Å²) in [6.45, 7) is 2.24. The van der Waals surface area contributed by atoms with Gasteiger partial charge in [-0.3, -0.25) is 0 Å². The number of unbranched alkanes of at least 4 members (excludes halogenated alkanes) is 1. The van der Waals surface area contributed by atoms with Crippen molar-refractivity contribution >= 4 is 0 Å². The van der Waals surface area contributed by atoms with Gasteiger partial charge < -0.3 is 4.74 Å². The molecule has 3 heteroatoms. The lowest BCUT2D eigenvalue weighted by atomic mass is 9.79. The van der Waals surface area contributed by atoms with Crippen molar-refractivity contribution in [1.29, 1.82) is 10.5 Å². The highest BCUT2D eigenvalue weighted by atomic mass is 16.5. The Morgan fingerprint density at radius 3 is 2.47 bits per heavy atom. The van der Waals surface area contributed by atoms with Gasteiger partial charge in [-0.1, -0.05) is 19.8 Å². The normalized spacial score (nSPS) is 24.2. The van der Waals surface area contributed by atoms with Crippen molar-refractivity contribution in [2.24, 2.45) is 11.8 Å². The van der Waals surface area contributed by atoms with E-state index in [1.54, 1.807) is 0 Å². The molecule has 3 nitrogen and oxygen atoms in total. The summed E-state index contributed by atoms with van der Waals surface area (Å²) in [6, 6.07) is 2.24. The topological polar surface area (TPSA) is 56.8 Å². The lowest BCUT2D eigenvalue weighted by Crippen LogP contribution is -2.22. The van der Waals surface area contributed by atoms with Crippen molar-refractivity contribution in [3.63, 3.8) is 0 Å². The second kappa shape index (κ2) is 9.68. The molecule has 1 aliphatic rings. The van der Waals surface area contributed by atoms with E-state index in [1.807, 2.05) is 6.26 Å². The number of nitrogens with zero attached hydrogens (tertiary/aromatic N) is 2. The van der Waals surface area contributed by atoms with Gasteiger partial charge in [0.15, 0.2) is 0 Å². The van der Waals surface area contributed by atoms with Crippen LogP contribution in [0.3, 0.4) is 0 Å². The summed E-state index contributed by atoms with van der Waals surface area (Å²) in [6.07, 6.45) is 13.2. The summed E-state index contributed by atoms with van der Waals surface area (Å²) < 4.78 is 5.03. The van der Waals surface area contributed by atoms with Gasteiger partial charge in [-0.2, -0.15) is 10.5 Å². The molecule has 0 heterocycles. The van der Waals surface area contributed by atoms with E-state index in [2.05, 4.69) is 13.0 Å². The Morgan fingerprint density at radius 1 is 1.16 bits per heavy atom. The van der Waals surface area contributed by atoms with E-state index >= 15 is 0 Å². The van der Waals surface area contributed by atoms with Gasteiger partial charge in [0.2, 0.25) is 0 Å². The first-order valence-corrected chi connectivity index (χ1v) is 7.71. The van der Waals surface area contributed by atoms with Crippen molar-refractivity contribution in [3.8, 4) is 12.3 Å². The summed E-state index contributed by atoms with van der Waals surface area (Å²) >= 11 is 0. The van der Waals surface area contributed by atoms with Crippen LogP contribution in [0.1, 0.15) is 71.1 Å². The largest absolute Gasteiger partial charge is 0.424 e. The van der Waals surface area contributed by atoms with Crippen LogP contribution in [-0.2, 0) is 4.74 Å². The van der Waals surface area contributed by atoms with Gasteiger partial charge in [0.1, 0.15) is 6.10 Å². The SMILES string of the molecule is CCCC(CCCC#N)CC1CCC(OC#N)CC1. The van der Waals surface area contributed by atoms with E-state index in [-0.39, 0.29) is 6.10 Å². The Bertz CT molecular complexity index is 308. The molecule has 1 aliphatic carbocycles. The van der Waals surface area contributed by atoms with E-state index in [0.717, 1.165) is 31.1 Å². The third-order valence-corrected chi connectivity index (χ3v) is 4.28. The molecule has 1 fully saturated rings. The molecule has 0 saturated heterocycles. The van der Waals surface area contributed by atoms with Gasteiger partial charge in [-0.25, -0.2) is 0 Å². The average molecular weight is 262 g/mol. The Morgan fingerprint density at radius 2 is 1.89 bits per heavy atom. The van der Waals surface area contributed by atoms with Crippen molar-refractivity contribution < 1.29 is 4.74 Å². The first-order valence-electron chi connectivity index (χ1n) is 7.71. The minimum absolute atomic E-state index is 0.171. The highest BCUT2D eigenvalue weighted by Gasteiger charge is 2.24. The molecular weight excluding hydrogens is 236 g/mol. The van der Waals surface area contributed by atoms with Gasteiger partial charge >= 0.3 is 0 Å². The molecular formula is C16H26N2O. The van der Waals surface area contributed by atoms with Crippen LogP contribution in [-0.4, -0.2) is 6.10 Å². The first kappa shape index (κ1) is 15.8. The molecule has 0 aromatic heterocycles. The van der Waals surface area contributed by atoms with E-state index in [4.69, 9.17) is 15.3 Å². The molecule has 0 radical (unpaired) electrons. The van der Waals surface area contributed by atoms with Gasteiger partial charge in [-0.05, 0) is 56.8 Å². The molecule has 106 valence electrons. The standard InChI is InChI=1S/C16H26N2O/c1-2-5-14(6-3-4-11-17)12-15-7-9-16(10-8-15)19-13-18/h14-16H,2-10,12H2,1H3. The van der Waals surface area contributed by atoms with Crippen LogP contribution in [0.15, 0.2) is 0 Å². The predicted molar refractivity (Wildman–Crippen MR) is 74.9 cm³/mol. The Kier molecular flexibility index (Phi) is 8.07. The lowest BCUT2D eigenvalue weighted by Gasteiger charge is -2.29. The maximum Gasteiger partial charge on any atom is 0.286 e. The van der Waals surface area contributed by atoms with Crippen LogP contribution in [0.25, 0.3) is 0 Å². The van der Waals surface area contributed by atoms with Gasteiger partial charge in [-0.15, -0.1) is 0 Å². The molecule has 0 aromatic carbocycles. The third kappa shape index (κ3) is 6.48. The van der Waals surface area contributed by atoms with Gasteiger partial charge in [0.25, 0.3) is 6.26 Å². The maximum absolute atomic E-state index is 8.62. The molecule has 1 saturated carbocycles. The second-order valence-corrected chi connectivity index (χ2v) is 5.79. The van der Waals surface area contributed by atoms with Gasteiger partial charge in [0.05, 0.1) is 6.07 Å². The minimum Gasteiger partial charge on any atom is -0.424 e. The molecule has 1 rings (SSSR count). The second-order valence-electron chi connectivity index (χ2n) is 5.79. The Labute approximate surface area is 117 Å². The number of hydrogen-bond acceptors (Lipinski definition) is 3. The fourth-order valence-corrected chi connectivity index (χ4v) is 3.29. The summed E-state index contributed by atoms with van der Waals surface area (Å²) in [5, 5.41) is 17.1. The molecule has 0 bridgehead atoms. The minimum atomic E-state index is 0.171. The molecule has 19 heavy (non-hydrogen) atoms. The van der Waals surface area contributed by atoms with Crippen molar-refractivity contribution in [3.05, 3.63) is 0 Å². The van der Waals surface area contributed by atoms with Crippen LogP contribution in [0.5, 0.6) is 0 Å². The van der Waals surface area contributed by atoms with E-state index in [0.29, 0.717) is 6.42 Å². The fourth-order valence-electron chi connectivity index (χ4n) is 3.29. The van der Waals surface area contributed by atoms with E-state index in [9.17, 15) is 0 Å². The summed E-state index contributed by atoms with van der Waals surface area (Å²) in [5.74, 6) is 1.59. The van der Waals surface area contributed by atoms with Gasteiger partial charge in [0, 0.05) is 6.42 Å². The zero-order chi connectivity index (χ0) is 13.9. The Balaban J connectivity index is 2.27. The van der Waals surface area contributed by atoms with E-state index in [1.165, 1.54) is 38.5 Å². The molecule has 0 aliphatic heterocycles. The highest BCUT2D eigenvalue weighted by molar-refractivity contribution is 4.78. The summed E-state index contributed by atoms with van der Waals surface area (Å²) in [7, 11) is 0. The first-order chi connectivity index (χ1) is 9.30. The molecule has 0 N–H and O–H groups in total. The molecule has 1 atom stereocenters. The van der Waals surface area contributed by atoms with E-state index < -0.39 is 0 Å². The van der Waals surface area contributed by atoms with Crippen LogP contribution in [0.4, 0.5) is 0 Å². The average Bonchev–Trinajstić information content (AvgIpc) is 2.42. The quantitative estimate of drug-likeness (QED) is 0.476. The highest BCUT2D eigenvalue weighted by Crippen LogP contribution is 2.33. The summed E-state index contributed by atoms with van der Waals surface area (Å²) in [5.41, 5.74) is 0.